The number of carbonyl (C=O) groups is 2. The number of nitrogens with one attached hydrogen (secondary N) is 2. The second kappa shape index (κ2) is 17.8. The molecule has 0 spiro atoms. The van der Waals surface area contributed by atoms with E-state index in [1.165, 1.54) is 0 Å². The second-order valence-electron chi connectivity index (χ2n) is 12.8. The molecule has 0 aliphatic heterocycles. The Morgan fingerprint density at radius 3 is 2.26 bits per heavy atom. The summed E-state index contributed by atoms with van der Waals surface area (Å²) in [6.45, 7) is 14.6. The number of alkyl carbamates (subject to hydrolysis) is 1. The van der Waals surface area contributed by atoms with E-state index in [1.807, 2.05) is 55.5 Å². The van der Waals surface area contributed by atoms with Crippen LogP contribution in [-0.4, -0.2) is 48.5 Å². The fourth-order valence-electron chi connectivity index (χ4n) is 4.88. The number of methoxy groups -OCH3 is 1. The summed E-state index contributed by atoms with van der Waals surface area (Å²) in [6.07, 6.45) is 1.82. The van der Waals surface area contributed by atoms with Crippen LogP contribution in [-0.2, 0) is 22.6 Å². The molecule has 0 bridgehead atoms. The van der Waals surface area contributed by atoms with Gasteiger partial charge in [0.1, 0.15) is 12.2 Å². The lowest BCUT2D eigenvalue weighted by Crippen LogP contribution is -2.48. The third kappa shape index (κ3) is 13.3. The van der Waals surface area contributed by atoms with Crippen LogP contribution in [0.3, 0.4) is 0 Å². The van der Waals surface area contributed by atoms with E-state index < -0.39 is 29.8 Å². The number of hydrogen-bond donors (Lipinski definition) is 3. The highest BCUT2D eigenvalue weighted by Gasteiger charge is 2.31. The third-order valence-electron chi connectivity index (χ3n) is 7.50. The molecule has 43 heavy (non-hydrogen) atoms. The zero-order valence-electron chi connectivity index (χ0n) is 27.4. The SMILES string of the molecule is CCCCNC(=O)[C@H](C)C[C@H](O)[C@H](C[C@H](Cc1ccc(OC)c(OCc2ccccc2)c1)C(C)C)NC(=O)OC(C)(C)C. The van der Waals surface area contributed by atoms with Crippen molar-refractivity contribution < 1.29 is 28.9 Å². The maximum absolute atomic E-state index is 12.8. The van der Waals surface area contributed by atoms with E-state index in [2.05, 4.69) is 31.4 Å². The predicted octanol–water partition coefficient (Wildman–Crippen LogP) is 6.68. The van der Waals surface area contributed by atoms with Crippen molar-refractivity contribution >= 4 is 12.0 Å². The van der Waals surface area contributed by atoms with Crippen molar-refractivity contribution in [3.05, 3.63) is 59.7 Å². The molecule has 4 atom stereocenters. The number of ether oxygens (including phenoxy) is 3. The number of rotatable bonds is 17. The Balaban J connectivity index is 2.22. The van der Waals surface area contributed by atoms with Gasteiger partial charge < -0.3 is 30.0 Å². The number of aliphatic hydroxyl groups excluding tert-OH is 1. The normalized spacial score (nSPS) is 14.4. The average Bonchev–Trinajstić information content (AvgIpc) is 2.94. The molecule has 2 amide bonds. The van der Waals surface area contributed by atoms with Crippen LogP contribution in [0.1, 0.15) is 85.3 Å². The van der Waals surface area contributed by atoms with Gasteiger partial charge in [-0.2, -0.15) is 0 Å². The molecule has 0 aliphatic carbocycles. The lowest BCUT2D eigenvalue weighted by atomic mass is 9.82. The van der Waals surface area contributed by atoms with Crippen LogP contribution in [0, 0.1) is 17.8 Å². The largest absolute Gasteiger partial charge is 0.493 e. The molecule has 2 rings (SSSR count). The lowest BCUT2D eigenvalue weighted by molar-refractivity contribution is -0.125. The Morgan fingerprint density at radius 1 is 0.953 bits per heavy atom. The van der Waals surface area contributed by atoms with Gasteiger partial charge in [0.2, 0.25) is 5.91 Å². The first-order valence-corrected chi connectivity index (χ1v) is 15.6. The summed E-state index contributed by atoms with van der Waals surface area (Å²) in [5, 5.41) is 17.2. The highest BCUT2D eigenvalue weighted by atomic mass is 16.6. The first-order valence-electron chi connectivity index (χ1n) is 15.6. The highest BCUT2D eigenvalue weighted by molar-refractivity contribution is 5.78. The minimum atomic E-state index is -0.929. The molecular weight excluding hydrogens is 544 g/mol. The number of aliphatic hydroxyl groups is 1. The van der Waals surface area contributed by atoms with Gasteiger partial charge in [-0.1, -0.05) is 70.5 Å². The number of hydrogen-bond acceptors (Lipinski definition) is 6. The van der Waals surface area contributed by atoms with Crippen LogP contribution >= 0.6 is 0 Å². The maximum Gasteiger partial charge on any atom is 0.407 e. The van der Waals surface area contributed by atoms with E-state index >= 15 is 0 Å². The van der Waals surface area contributed by atoms with Gasteiger partial charge >= 0.3 is 6.09 Å². The van der Waals surface area contributed by atoms with E-state index in [9.17, 15) is 14.7 Å². The molecule has 8 heteroatoms. The Kier molecular flexibility index (Phi) is 14.8. The highest BCUT2D eigenvalue weighted by Crippen LogP contribution is 2.32. The summed E-state index contributed by atoms with van der Waals surface area (Å²) in [5.74, 6) is 1.19. The minimum absolute atomic E-state index is 0.0924. The van der Waals surface area contributed by atoms with Gasteiger partial charge in [0.15, 0.2) is 11.5 Å². The minimum Gasteiger partial charge on any atom is -0.493 e. The summed E-state index contributed by atoms with van der Waals surface area (Å²) in [7, 11) is 1.63. The van der Waals surface area contributed by atoms with Gasteiger partial charge in [-0.05, 0) is 81.5 Å². The van der Waals surface area contributed by atoms with E-state index in [0.717, 1.165) is 24.0 Å². The quantitative estimate of drug-likeness (QED) is 0.176. The van der Waals surface area contributed by atoms with Crippen molar-refractivity contribution in [3.8, 4) is 11.5 Å². The zero-order chi connectivity index (χ0) is 32.0. The molecule has 0 aliphatic rings. The number of unbranched alkanes of at least 4 members (excludes halogenated alkanes) is 1. The molecule has 240 valence electrons. The predicted molar refractivity (Wildman–Crippen MR) is 171 cm³/mol. The van der Waals surface area contributed by atoms with E-state index in [0.29, 0.717) is 37.5 Å². The number of carbonyl (C=O) groups excluding carboxylic acids is 2. The zero-order valence-corrected chi connectivity index (χ0v) is 27.4. The number of benzene rings is 2. The summed E-state index contributed by atoms with van der Waals surface area (Å²) in [5.41, 5.74) is 1.45. The molecule has 0 heterocycles. The standard InChI is InChI=1S/C35H54N2O6/c1-9-10-18-36-33(39)25(4)19-30(38)29(37-34(40)43-35(5,6)7)22-28(24(2)3)20-27-16-17-31(41-8)32(21-27)42-23-26-14-12-11-13-15-26/h11-17,21,24-25,28-30,38H,9-10,18-20,22-23H2,1-8H3,(H,36,39)(H,37,40)/t25-,28+,29+,30+/m1/s1. The topological polar surface area (TPSA) is 106 Å². The summed E-state index contributed by atoms with van der Waals surface area (Å²) >= 11 is 0. The maximum atomic E-state index is 12.8. The molecule has 0 radical (unpaired) electrons. The number of amides is 2. The lowest BCUT2D eigenvalue weighted by Gasteiger charge is -2.32. The summed E-state index contributed by atoms with van der Waals surface area (Å²) < 4.78 is 17.2. The van der Waals surface area contributed by atoms with Crippen molar-refractivity contribution in [2.75, 3.05) is 13.7 Å². The molecular formula is C35H54N2O6. The van der Waals surface area contributed by atoms with Crippen molar-refractivity contribution in [2.45, 2.75) is 105 Å². The smallest absolute Gasteiger partial charge is 0.407 e. The van der Waals surface area contributed by atoms with Crippen LogP contribution in [0.5, 0.6) is 11.5 Å². The Morgan fingerprint density at radius 2 is 1.65 bits per heavy atom. The van der Waals surface area contributed by atoms with Crippen LogP contribution in [0.25, 0.3) is 0 Å². The van der Waals surface area contributed by atoms with Gasteiger partial charge in [-0.15, -0.1) is 0 Å². The summed E-state index contributed by atoms with van der Waals surface area (Å²) in [6, 6.07) is 15.3. The monoisotopic (exact) mass is 598 g/mol. The van der Waals surface area contributed by atoms with Gasteiger partial charge in [-0.3, -0.25) is 4.79 Å². The van der Waals surface area contributed by atoms with Crippen molar-refractivity contribution in [3.63, 3.8) is 0 Å². The van der Waals surface area contributed by atoms with Crippen molar-refractivity contribution in [1.82, 2.24) is 10.6 Å². The fourth-order valence-corrected chi connectivity index (χ4v) is 4.88. The van der Waals surface area contributed by atoms with E-state index in [4.69, 9.17) is 14.2 Å². The summed E-state index contributed by atoms with van der Waals surface area (Å²) in [4.78, 5) is 25.5. The molecule has 2 aromatic carbocycles. The first-order chi connectivity index (χ1) is 20.3. The molecule has 2 aromatic rings. The van der Waals surface area contributed by atoms with Crippen LogP contribution in [0.2, 0.25) is 0 Å². The Bertz CT molecular complexity index is 1120. The molecule has 8 nitrogen and oxygen atoms in total. The first kappa shape index (κ1) is 35.9. The van der Waals surface area contributed by atoms with E-state index in [-0.39, 0.29) is 24.2 Å². The Labute approximate surface area is 258 Å². The van der Waals surface area contributed by atoms with Gasteiger partial charge in [0, 0.05) is 12.5 Å². The van der Waals surface area contributed by atoms with E-state index in [1.54, 1.807) is 27.9 Å². The average molecular weight is 599 g/mol. The molecule has 0 saturated heterocycles. The molecule has 3 N–H and O–H groups in total. The van der Waals surface area contributed by atoms with Crippen LogP contribution in [0.15, 0.2) is 48.5 Å². The van der Waals surface area contributed by atoms with Crippen LogP contribution < -0.4 is 20.1 Å². The van der Waals surface area contributed by atoms with Gasteiger partial charge in [0.25, 0.3) is 0 Å². The Hall–Kier alpha value is -3.26. The third-order valence-corrected chi connectivity index (χ3v) is 7.50. The second-order valence-corrected chi connectivity index (χ2v) is 12.8. The molecule has 0 aromatic heterocycles. The molecule has 0 unspecified atom stereocenters. The van der Waals surface area contributed by atoms with Gasteiger partial charge in [-0.25, -0.2) is 4.79 Å². The fraction of sp³-hybridized carbons (Fsp3) is 0.600. The molecule has 0 fully saturated rings. The van der Waals surface area contributed by atoms with Crippen molar-refractivity contribution in [1.29, 1.82) is 0 Å². The van der Waals surface area contributed by atoms with Crippen LogP contribution in [0.4, 0.5) is 4.79 Å². The van der Waals surface area contributed by atoms with Crippen molar-refractivity contribution in [2.24, 2.45) is 17.8 Å². The molecule has 0 saturated carbocycles. The van der Waals surface area contributed by atoms with Gasteiger partial charge in [0.05, 0.1) is 19.3 Å².